The highest BCUT2D eigenvalue weighted by Crippen LogP contribution is 2.37. The van der Waals surface area contributed by atoms with Crippen molar-refractivity contribution in [3.63, 3.8) is 0 Å². The quantitative estimate of drug-likeness (QED) is 0.811. The molecule has 2 rings (SSSR count). The molecule has 0 radical (unpaired) electrons. The minimum atomic E-state index is -1.05. The summed E-state index contributed by atoms with van der Waals surface area (Å²) in [6.07, 6.45) is 8.19. The summed E-state index contributed by atoms with van der Waals surface area (Å²) in [5.41, 5.74) is 1.78. The smallest absolute Gasteiger partial charge is 0.170 e. The molecule has 1 aliphatic rings. The fourth-order valence-corrected chi connectivity index (χ4v) is 2.24. The predicted octanol–water partition coefficient (Wildman–Crippen LogP) is 3.50. The molecule has 0 aromatic heterocycles. The summed E-state index contributed by atoms with van der Waals surface area (Å²) in [4.78, 5) is 0. The van der Waals surface area contributed by atoms with Crippen molar-refractivity contribution in [3.05, 3.63) is 59.7 Å². The van der Waals surface area contributed by atoms with Gasteiger partial charge in [0.1, 0.15) is 0 Å². The number of rotatable bonds is 2. The van der Waals surface area contributed by atoms with Crippen molar-refractivity contribution in [2.24, 2.45) is 0 Å². The fourth-order valence-electron chi connectivity index (χ4n) is 1.68. The van der Waals surface area contributed by atoms with Crippen LogP contribution < -0.4 is 0 Å². The molecule has 1 aliphatic carbocycles. The predicted molar refractivity (Wildman–Crippen MR) is 65.7 cm³/mol. The molecule has 1 nitrogen and oxygen atoms in total. The zero-order valence-electron chi connectivity index (χ0n) is 8.36. The zero-order valence-corrected chi connectivity index (χ0v) is 9.94. The monoisotopic (exact) mass is 264 g/mol. The highest BCUT2D eigenvalue weighted by molar-refractivity contribution is 9.09. The summed E-state index contributed by atoms with van der Waals surface area (Å²) in [6, 6.07) is 9.62. The van der Waals surface area contributed by atoms with Crippen molar-refractivity contribution in [1.29, 1.82) is 0 Å². The molecular formula is C13H13BrO. The molecule has 0 saturated carbocycles. The second kappa shape index (κ2) is 4.33. The van der Waals surface area contributed by atoms with Gasteiger partial charge in [-0.05, 0) is 39.9 Å². The lowest BCUT2D eigenvalue weighted by Gasteiger charge is -2.24. The van der Waals surface area contributed by atoms with Gasteiger partial charge in [0.15, 0.2) is 4.51 Å². The highest BCUT2D eigenvalue weighted by atomic mass is 79.9. The molecule has 1 atom stereocenters. The zero-order chi connectivity index (χ0) is 10.7. The average Bonchev–Trinajstić information content (AvgIpc) is 2.31. The molecule has 0 spiro atoms. The number of allylic oxidation sites excluding steroid dienone is 2. The van der Waals surface area contributed by atoms with E-state index in [9.17, 15) is 5.11 Å². The van der Waals surface area contributed by atoms with E-state index in [0.717, 1.165) is 24.0 Å². The number of hydrogen-bond acceptors (Lipinski definition) is 1. The van der Waals surface area contributed by atoms with E-state index < -0.39 is 4.51 Å². The molecule has 0 aliphatic heterocycles. The number of aliphatic hydroxyl groups is 1. The average molecular weight is 265 g/mol. The first-order chi connectivity index (χ1) is 7.21. The lowest BCUT2D eigenvalue weighted by molar-refractivity contribution is 0.188. The van der Waals surface area contributed by atoms with Crippen LogP contribution in [0.15, 0.2) is 54.1 Å². The van der Waals surface area contributed by atoms with Gasteiger partial charge in [-0.3, -0.25) is 0 Å². The Balaban J connectivity index is 2.34. The van der Waals surface area contributed by atoms with E-state index in [1.807, 2.05) is 36.4 Å². The lowest BCUT2D eigenvalue weighted by atomic mass is 9.97. The Morgan fingerprint density at radius 1 is 1.13 bits per heavy atom. The molecule has 1 aromatic carbocycles. The van der Waals surface area contributed by atoms with Crippen LogP contribution in [-0.2, 0) is 4.51 Å². The van der Waals surface area contributed by atoms with Crippen molar-refractivity contribution in [2.45, 2.75) is 17.4 Å². The summed E-state index contributed by atoms with van der Waals surface area (Å²) in [5.74, 6) is 0. The molecule has 2 heteroatoms. The van der Waals surface area contributed by atoms with E-state index in [0.29, 0.717) is 0 Å². The standard InChI is InChI=1S/C13H13BrO/c14-13(15,11-7-3-1-4-8-11)12-9-5-2-6-10-12/h1,3-5,7-10,15H,2,6H2. The first kappa shape index (κ1) is 10.7. The second-order valence-electron chi connectivity index (χ2n) is 3.63. The van der Waals surface area contributed by atoms with Gasteiger partial charge >= 0.3 is 0 Å². The Bertz CT molecular complexity index is 390. The summed E-state index contributed by atoms with van der Waals surface area (Å²) in [5, 5.41) is 10.4. The molecule has 1 unspecified atom stereocenters. The van der Waals surface area contributed by atoms with Crippen LogP contribution in [0.1, 0.15) is 18.4 Å². The lowest BCUT2D eigenvalue weighted by Crippen LogP contribution is -2.19. The normalized spacial score (nSPS) is 19.5. The topological polar surface area (TPSA) is 20.2 Å². The summed E-state index contributed by atoms with van der Waals surface area (Å²) < 4.78 is -1.05. The van der Waals surface area contributed by atoms with Gasteiger partial charge < -0.3 is 5.11 Å². The van der Waals surface area contributed by atoms with E-state index in [4.69, 9.17) is 0 Å². The van der Waals surface area contributed by atoms with Crippen molar-refractivity contribution >= 4 is 15.9 Å². The first-order valence-electron chi connectivity index (χ1n) is 5.05. The van der Waals surface area contributed by atoms with E-state index in [1.54, 1.807) is 0 Å². The van der Waals surface area contributed by atoms with Crippen LogP contribution >= 0.6 is 15.9 Å². The Labute approximate surface area is 98.3 Å². The van der Waals surface area contributed by atoms with Crippen LogP contribution in [0.2, 0.25) is 0 Å². The van der Waals surface area contributed by atoms with E-state index in [1.165, 1.54) is 0 Å². The van der Waals surface area contributed by atoms with Crippen LogP contribution in [-0.4, -0.2) is 5.11 Å². The number of benzene rings is 1. The van der Waals surface area contributed by atoms with E-state index in [-0.39, 0.29) is 0 Å². The maximum atomic E-state index is 10.4. The molecule has 0 bridgehead atoms. The van der Waals surface area contributed by atoms with Crippen molar-refractivity contribution < 1.29 is 5.11 Å². The molecule has 1 aromatic rings. The molecule has 1 N–H and O–H groups in total. The van der Waals surface area contributed by atoms with Gasteiger partial charge in [0.2, 0.25) is 0 Å². The minimum absolute atomic E-state index is 0.864. The van der Waals surface area contributed by atoms with E-state index in [2.05, 4.69) is 28.1 Å². The molecule has 78 valence electrons. The maximum Gasteiger partial charge on any atom is 0.170 e. The van der Waals surface area contributed by atoms with Crippen LogP contribution in [0.3, 0.4) is 0 Å². The largest absolute Gasteiger partial charge is 0.371 e. The van der Waals surface area contributed by atoms with Crippen molar-refractivity contribution in [1.82, 2.24) is 0 Å². The molecule has 0 saturated heterocycles. The SMILES string of the molecule is OC(Br)(C1=CCCC=C1)c1ccccc1. The summed E-state index contributed by atoms with van der Waals surface area (Å²) in [6.45, 7) is 0. The van der Waals surface area contributed by atoms with E-state index >= 15 is 0 Å². The number of halogens is 1. The Kier molecular flexibility index (Phi) is 3.08. The highest BCUT2D eigenvalue weighted by Gasteiger charge is 2.28. The van der Waals surface area contributed by atoms with Crippen LogP contribution in [0.4, 0.5) is 0 Å². The first-order valence-corrected chi connectivity index (χ1v) is 5.84. The van der Waals surface area contributed by atoms with Crippen LogP contribution in [0, 0.1) is 0 Å². The number of alkyl halides is 1. The second-order valence-corrected chi connectivity index (χ2v) is 4.77. The van der Waals surface area contributed by atoms with Crippen LogP contribution in [0.25, 0.3) is 0 Å². The van der Waals surface area contributed by atoms with Gasteiger partial charge in [-0.15, -0.1) is 0 Å². The third kappa shape index (κ3) is 2.21. The Hall–Kier alpha value is -0.860. The van der Waals surface area contributed by atoms with Gasteiger partial charge in [0, 0.05) is 0 Å². The van der Waals surface area contributed by atoms with Gasteiger partial charge in [-0.2, -0.15) is 0 Å². The third-order valence-corrected chi connectivity index (χ3v) is 3.45. The van der Waals surface area contributed by atoms with Gasteiger partial charge in [0.05, 0.1) is 0 Å². The molecule has 0 amide bonds. The van der Waals surface area contributed by atoms with Crippen molar-refractivity contribution in [2.75, 3.05) is 0 Å². The Morgan fingerprint density at radius 2 is 1.87 bits per heavy atom. The molecule has 0 heterocycles. The summed E-state index contributed by atoms with van der Waals surface area (Å²) in [7, 11) is 0. The minimum Gasteiger partial charge on any atom is -0.371 e. The van der Waals surface area contributed by atoms with Crippen molar-refractivity contribution in [3.8, 4) is 0 Å². The molecular weight excluding hydrogens is 252 g/mol. The van der Waals surface area contributed by atoms with Gasteiger partial charge in [0.25, 0.3) is 0 Å². The summed E-state index contributed by atoms with van der Waals surface area (Å²) >= 11 is 3.39. The van der Waals surface area contributed by atoms with Gasteiger partial charge in [-0.25, -0.2) is 0 Å². The molecule has 15 heavy (non-hydrogen) atoms. The van der Waals surface area contributed by atoms with Crippen LogP contribution in [0.5, 0.6) is 0 Å². The third-order valence-electron chi connectivity index (χ3n) is 2.53. The maximum absolute atomic E-state index is 10.4. The fraction of sp³-hybridized carbons (Fsp3) is 0.231. The molecule has 0 fully saturated rings. The number of hydrogen-bond donors (Lipinski definition) is 1. The van der Waals surface area contributed by atoms with Gasteiger partial charge in [-0.1, -0.05) is 48.6 Å². The Morgan fingerprint density at radius 3 is 2.47 bits per heavy atom.